The van der Waals surface area contributed by atoms with E-state index in [0.29, 0.717) is 32.1 Å². The first-order valence-electron chi connectivity index (χ1n) is 9.55. The van der Waals surface area contributed by atoms with Gasteiger partial charge in [0.05, 0.1) is 18.1 Å². The molecule has 3 rings (SSSR count). The minimum atomic E-state index is -2.93. The van der Waals surface area contributed by atoms with E-state index in [1.54, 1.807) is 0 Å². The second-order valence-corrected chi connectivity index (χ2v) is 9.04. The highest BCUT2D eigenvalue weighted by Gasteiger charge is 2.28. The molecule has 0 aliphatic carbocycles. The number of rotatable bonds is 7. The quantitative estimate of drug-likeness (QED) is 0.328. The summed E-state index contributed by atoms with van der Waals surface area (Å²) in [4.78, 5) is 4.65. The number of ether oxygens (including phenoxy) is 1. The van der Waals surface area contributed by atoms with Crippen LogP contribution in [-0.2, 0) is 23.0 Å². The van der Waals surface area contributed by atoms with Gasteiger partial charge in [0.25, 0.3) is 0 Å². The molecular formula is C21H28IN3O3S. The summed E-state index contributed by atoms with van der Waals surface area (Å²) in [6.07, 6.45) is 0.619. The van der Waals surface area contributed by atoms with Crippen LogP contribution in [0.3, 0.4) is 0 Å². The number of sulfone groups is 1. The average molecular weight is 529 g/mol. The van der Waals surface area contributed by atoms with Crippen molar-refractivity contribution in [2.75, 3.05) is 18.1 Å². The van der Waals surface area contributed by atoms with Crippen LogP contribution in [0.25, 0.3) is 0 Å². The molecular weight excluding hydrogens is 501 g/mol. The number of benzene rings is 2. The monoisotopic (exact) mass is 529 g/mol. The fourth-order valence-corrected chi connectivity index (χ4v) is 4.79. The van der Waals surface area contributed by atoms with E-state index in [9.17, 15) is 8.42 Å². The largest absolute Gasteiger partial charge is 0.489 e. The van der Waals surface area contributed by atoms with Crippen molar-refractivity contribution in [1.82, 2.24) is 10.6 Å². The minimum Gasteiger partial charge on any atom is -0.489 e. The van der Waals surface area contributed by atoms with Gasteiger partial charge < -0.3 is 15.4 Å². The zero-order chi connectivity index (χ0) is 19.8. The van der Waals surface area contributed by atoms with Gasteiger partial charge in [-0.25, -0.2) is 13.4 Å². The zero-order valence-corrected chi connectivity index (χ0v) is 19.7. The first-order valence-corrected chi connectivity index (χ1v) is 11.4. The van der Waals surface area contributed by atoms with E-state index in [1.807, 2.05) is 61.5 Å². The van der Waals surface area contributed by atoms with Crippen LogP contribution < -0.4 is 15.4 Å². The van der Waals surface area contributed by atoms with Gasteiger partial charge in [-0.3, -0.25) is 0 Å². The number of nitrogens with one attached hydrogen (secondary N) is 2. The lowest BCUT2D eigenvalue weighted by Gasteiger charge is -2.16. The van der Waals surface area contributed by atoms with Gasteiger partial charge in [-0.1, -0.05) is 42.5 Å². The van der Waals surface area contributed by atoms with Crippen LogP contribution in [0.2, 0.25) is 0 Å². The first-order chi connectivity index (χ1) is 13.6. The normalized spacial score (nSPS) is 18.0. The van der Waals surface area contributed by atoms with Gasteiger partial charge in [0, 0.05) is 12.6 Å². The Hall–Kier alpha value is -1.81. The molecule has 2 N–H and O–H groups in total. The average Bonchev–Trinajstić information content (AvgIpc) is 3.04. The van der Waals surface area contributed by atoms with Crippen LogP contribution in [-0.4, -0.2) is 38.5 Å². The lowest BCUT2D eigenvalue weighted by Crippen LogP contribution is -2.44. The van der Waals surface area contributed by atoms with Crippen LogP contribution in [0.4, 0.5) is 0 Å². The van der Waals surface area contributed by atoms with Gasteiger partial charge in [-0.15, -0.1) is 24.0 Å². The van der Waals surface area contributed by atoms with Crippen LogP contribution in [0.5, 0.6) is 5.75 Å². The molecule has 0 bridgehead atoms. The summed E-state index contributed by atoms with van der Waals surface area (Å²) >= 11 is 0. The second kappa shape index (κ2) is 11.4. The number of hydrogen-bond donors (Lipinski definition) is 2. The van der Waals surface area contributed by atoms with Gasteiger partial charge >= 0.3 is 0 Å². The lowest BCUT2D eigenvalue weighted by molar-refractivity contribution is 0.305. The van der Waals surface area contributed by atoms with Crippen molar-refractivity contribution in [3.63, 3.8) is 0 Å². The molecule has 0 aromatic heterocycles. The van der Waals surface area contributed by atoms with Crippen molar-refractivity contribution in [1.29, 1.82) is 0 Å². The summed E-state index contributed by atoms with van der Waals surface area (Å²) < 4.78 is 29.2. The number of halogens is 1. The summed E-state index contributed by atoms with van der Waals surface area (Å²) in [5, 5.41) is 6.45. The van der Waals surface area contributed by atoms with Gasteiger partial charge in [0.15, 0.2) is 15.8 Å². The first kappa shape index (κ1) is 23.5. The van der Waals surface area contributed by atoms with E-state index < -0.39 is 9.84 Å². The van der Waals surface area contributed by atoms with Crippen molar-refractivity contribution in [2.24, 2.45) is 4.99 Å². The summed E-state index contributed by atoms with van der Waals surface area (Å²) in [5.74, 6) is 1.88. The predicted molar refractivity (Wildman–Crippen MR) is 128 cm³/mol. The molecule has 0 amide bonds. The van der Waals surface area contributed by atoms with E-state index >= 15 is 0 Å². The Bertz CT molecular complexity index is 904. The Morgan fingerprint density at radius 3 is 2.45 bits per heavy atom. The summed E-state index contributed by atoms with van der Waals surface area (Å²) in [6.45, 7) is 3.66. The molecule has 0 spiro atoms. The van der Waals surface area contributed by atoms with E-state index in [4.69, 9.17) is 4.74 Å². The molecule has 1 aliphatic heterocycles. The molecule has 6 nitrogen and oxygen atoms in total. The van der Waals surface area contributed by atoms with Crippen molar-refractivity contribution in [3.8, 4) is 5.75 Å². The van der Waals surface area contributed by atoms with Crippen LogP contribution in [0.1, 0.15) is 24.5 Å². The van der Waals surface area contributed by atoms with E-state index in [0.717, 1.165) is 16.9 Å². The summed E-state index contributed by atoms with van der Waals surface area (Å²) in [6, 6.07) is 17.7. The predicted octanol–water partition coefficient (Wildman–Crippen LogP) is 3.13. The molecule has 1 unspecified atom stereocenters. The summed E-state index contributed by atoms with van der Waals surface area (Å²) in [7, 11) is -2.93. The highest BCUT2D eigenvalue weighted by Crippen LogP contribution is 2.16. The van der Waals surface area contributed by atoms with E-state index in [-0.39, 0.29) is 41.5 Å². The minimum absolute atomic E-state index is 0. The summed E-state index contributed by atoms with van der Waals surface area (Å²) in [5.41, 5.74) is 2.16. The molecule has 2 aromatic rings. The Morgan fingerprint density at radius 2 is 1.79 bits per heavy atom. The van der Waals surface area contributed by atoms with Gasteiger partial charge in [-0.05, 0) is 36.6 Å². The van der Waals surface area contributed by atoms with E-state index in [2.05, 4.69) is 15.6 Å². The molecule has 29 heavy (non-hydrogen) atoms. The fraction of sp³-hybridized carbons (Fsp3) is 0.381. The molecule has 2 aromatic carbocycles. The molecule has 0 radical (unpaired) electrons. The third-order valence-electron chi connectivity index (χ3n) is 4.58. The maximum atomic E-state index is 11.7. The number of nitrogens with zero attached hydrogens (tertiary/aromatic N) is 1. The van der Waals surface area contributed by atoms with Crippen molar-refractivity contribution < 1.29 is 13.2 Å². The molecule has 0 saturated carbocycles. The lowest BCUT2D eigenvalue weighted by atomic mass is 10.1. The third kappa shape index (κ3) is 7.50. The van der Waals surface area contributed by atoms with Crippen LogP contribution in [0, 0.1) is 0 Å². The van der Waals surface area contributed by atoms with E-state index in [1.165, 1.54) is 0 Å². The van der Waals surface area contributed by atoms with Crippen LogP contribution in [0.15, 0.2) is 59.6 Å². The van der Waals surface area contributed by atoms with Gasteiger partial charge in [0.1, 0.15) is 12.4 Å². The number of para-hydroxylation sites is 1. The molecule has 1 aliphatic rings. The smallest absolute Gasteiger partial charge is 0.191 e. The number of hydrogen-bond acceptors (Lipinski definition) is 4. The van der Waals surface area contributed by atoms with Crippen LogP contribution >= 0.6 is 24.0 Å². The Balaban J connectivity index is 0.00000300. The van der Waals surface area contributed by atoms with Crippen molar-refractivity contribution >= 4 is 39.8 Å². The number of aliphatic imine (C=N–C) groups is 1. The molecule has 1 atom stereocenters. The highest BCUT2D eigenvalue weighted by atomic mass is 127. The molecule has 1 fully saturated rings. The maximum Gasteiger partial charge on any atom is 0.191 e. The second-order valence-electron chi connectivity index (χ2n) is 6.81. The number of guanidine groups is 1. The molecule has 1 heterocycles. The zero-order valence-electron chi connectivity index (χ0n) is 16.5. The third-order valence-corrected chi connectivity index (χ3v) is 6.35. The standard InChI is InChI=1S/C21H27N3O3S.HI/c1-2-22-21(24-19-12-13-28(25,26)16-19)23-14-17-8-6-7-9-18(17)15-27-20-10-4-3-5-11-20;/h3-11,19H,2,12-16H2,1H3,(H2,22,23,24);1H. The SMILES string of the molecule is CCNC(=NCc1ccccc1COc1ccccc1)NC1CCS(=O)(=O)C1.I. The molecule has 1 saturated heterocycles. The highest BCUT2D eigenvalue weighted by molar-refractivity contribution is 14.0. The van der Waals surface area contributed by atoms with Crippen molar-refractivity contribution in [3.05, 3.63) is 65.7 Å². The molecule has 8 heteroatoms. The maximum absolute atomic E-state index is 11.7. The molecule has 158 valence electrons. The van der Waals surface area contributed by atoms with Gasteiger partial charge in [0.2, 0.25) is 0 Å². The van der Waals surface area contributed by atoms with Gasteiger partial charge in [-0.2, -0.15) is 0 Å². The fourth-order valence-electron chi connectivity index (χ4n) is 3.12. The topological polar surface area (TPSA) is 79.8 Å². The Labute approximate surface area is 190 Å². The Morgan fingerprint density at radius 1 is 1.10 bits per heavy atom. The Kier molecular flexibility index (Phi) is 9.22. The van der Waals surface area contributed by atoms with Crippen molar-refractivity contribution in [2.45, 2.75) is 32.5 Å².